The van der Waals surface area contributed by atoms with Gasteiger partial charge in [-0.3, -0.25) is 28.9 Å². The number of amides is 1. The Morgan fingerprint density at radius 3 is 2.43 bits per heavy atom. The molecule has 2 aromatic heterocycles. The number of nitrogens with one attached hydrogen (secondary N) is 1. The molecule has 3 aromatic carbocycles. The molecule has 0 radical (unpaired) electrons. The normalized spacial score (nSPS) is 13.4. The first-order chi connectivity index (χ1) is 22.1. The van der Waals surface area contributed by atoms with Gasteiger partial charge in [0.25, 0.3) is 5.91 Å². The summed E-state index contributed by atoms with van der Waals surface area (Å²) in [6.45, 7) is 5.12. The monoisotopic (exact) mass is 654 g/mol. The highest BCUT2D eigenvalue weighted by molar-refractivity contribution is 7.99. The molecule has 1 N–H and O–H groups in total. The first-order valence-electron chi connectivity index (χ1n) is 14.8. The Bertz CT molecular complexity index is 1900. The predicted octanol–water partition coefficient (Wildman–Crippen LogP) is 8.21. The summed E-state index contributed by atoms with van der Waals surface area (Å²) in [5, 5.41) is 8.49. The van der Waals surface area contributed by atoms with E-state index in [1.165, 1.54) is 18.8 Å². The Labute approximate surface area is 272 Å². The van der Waals surface area contributed by atoms with E-state index in [-0.39, 0.29) is 12.3 Å². The summed E-state index contributed by atoms with van der Waals surface area (Å²) >= 11 is 1.41. The Hall–Kier alpha value is -4.66. The molecule has 2 heterocycles. The molecule has 11 heteroatoms. The van der Waals surface area contributed by atoms with Crippen molar-refractivity contribution >= 4 is 54.2 Å². The standard InChI is InChI=1S/C35H35N4O5PS/c1-24(2)43-35(41)25(3)23-45(42,44-27-13-6-5-7-14-27)39(4)34(40)30-15-8-9-16-33(30)46-28-18-19-29-31(37-38-32(29)22-28)20-17-26-12-10-11-21-36-26/h5-22,24-25H,23H2,1-4H3,(H,37,38)/b20-17+/t25-,45?/m1/s1. The van der Waals surface area contributed by atoms with Gasteiger partial charge in [-0.2, -0.15) is 5.10 Å². The van der Waals surface area contributed by atoms with Crippen molar-refractivity contribution in [2.75, 3.05) is 13.2 Å². The van der Waals surface area contributed by atoms with E-state index in [1.54, 1.807) is 63.4 Å². The third-order valence-electron chi connectivity index (χ3n) is 7.01. The average molecular weight is 655 g/mol. The van der Waals surface area contributed by atoms with Crippen LogP contribution in [-0.2, 0) is 14.1 Å². The zero-order chi connectivity index (χ0) is 32.7. The van der Waals surface area contributed by atoms with Gasteiger partial charge in [0, 0.05) is 28.4 Å². The molecule has 0 saturated heterocycles. The minimum atomic E-state index is -3.92. The molecule has 1 unspecified atom stereocenters. The van der Waals surface area contributed by atoms with Crippen molar-refractivity contribution in [3.8, 4) is 5.75 Å². The molecule has 0 spiro atoms. The summed E-state index contributed by atoms with van der Waals surface area (Å²) in [4.78, 5) is 32.6. The van der Waals surface area contributed by atoms with E-state index < -0.39 is 25.3 Å². The number of benzene rings is 3. The zero-order valence-corrected chi connectivity index (χ0v) is 27.7. The van der Waals surface area contributed by atoms with E-state index in [9.17, 15) is 14.2 Å². The van der Waals surface area contributed by atoms with Gasteiger partial charge in [0.15, 0.2) is 0 Å². The number of hydrogen-bond acceptors (Lipinski definition) is 8. The molecule has 0 aliphatic carbocycles. The second-order valence-corrected chi connectivity index (χ2v) is 14.5. The number of ether oxygens (including phenoxy) is 1. The lowest BCUT2D eigenvalue weighted by Gasteiger charge is -2.30. The van der Waals surface area contributed by atoms with E-state index in [0.29, 0.717) is 16.2 Å². The fraction of sp³-hybridized carbons (Fsp3) is 0.200. The van der Waals surface area contributed by atoms with Gasteiger partial charge < -0.3 is 9.26 Å². The SMILES string of the molecule is CC(C)OC(=O)[C@H](C)CP(=O)(Oc1ccccc1)N(C)C(=O)c1ccccc1Sc1ccc2c(/C=C/c3ccccn3)n[nH]c2c1. The quantitative estimate of drug-likeness (QED) is 0.106. The lowest BCUT2D eigenvalue weighted by Crippen LogP contribution is -2.31. The molecule has 2 atom stereocenters. The van der Waals surface area contributed by atoms with Crippen LogP contribution in [0.5, 0.6) is 5.75 Å². The highest BCUT2D eigenvalue weighted by Gasteiger charge is 2.39. The van der Waals surface area contributed by atoms with Gasteiger partial charge in [0.1, 0.15) is 5.75 Å². The number of carbonyl (C=O) groups is 2. The van der Waals surface area contributed by atoms with E-state index in [2.05, 4.69) is 15.2 Å². The molecule has 0 aliphatic rings. The highest BCUT2D eigenvalue weighted by atomic mass is 32.2. The van der Waals surface area contributed by atoms with Crippen LogP contribution in [0.1, 0.15) is 42.5 Å². The topological polar surface area (TPSA) is 114 Å². The number of esters is 1. The van der Waals surface area contributed by atoms with Crippen molar-refractivity contribution in [3.05, 3.63) is 114 Å². The van der Waals surface area contributed by atoms with Gasteiger partial charge in [0.2, 0.25) is 0 Å². The molecule has 5 rings (SSSR count). The van der Waals surface area contributed by atoms with Crippen molar-refractivity contribution in [1.29, 1.82) is 0 Å². The molecule has 0 fully saturated rings. The number of hydrogen-bond donors (Lipinski definition) is 1. The van der Waals surface area contributed by atoms with Crippen molar-refractivity contribution in [1.82, 2.24) is 19.9 Å². The van der Waals surface area contributed by atoms with Crippen LogP contribution >= 0.6 is 19.3 Å². The zero-order valence-electron chi connectivity index (χ0n) is 26.0. The summed E-state index contributed by atoms with van der Waals surface area (Å²) in [5.74, 6) is -1.44. The van der Waals surface area contributed by atoms with Gasteiger partial charge in [-0.05, 0) is 80.6 Å². The summed E-state index contributed by atoms with van der Waals surface area (Å²) in [6.07, 6.45) is 5.02. The number of aromatic amines is 1. The van der Waals surface area contributed by atoms with E-state index >= 15 is 0 Å². The second kappa shape index (κ2) is 14.6. The Morgan fingerprint density at radius 2 is 1.70 bits per heavy atom. The molecular formula is C35H35N4O5PS. The van der Waals surface area contributed by atoms with E-state index in [4.69, 9.17) is 9.26 Å². The molecule has 9 nitrogen and oxygen atoms in total. The average Bonchev–Trinajstić information content (AvgIpc) is 3.46. The van der Waals surface area contributed by atoms with Crippen LogP contribution in [0, 0.1) is 5.92 Å². The van der Waals surface area contributed by atoms with Crippen LogP contribution in [0.25, 0.3) is 23.1 Å². The van der Waals surface area contributed by atoms with Crippen LogP contribution < -0.4 is 4.52 Å². The highest BCUT2D eigenvalue weighted by Crippen LogP contribution is 2.52. The Morgan fingerprint density at radius 1 is 0.957 bits per heavy atom. The lowest BCUT2D eigenvalue weighted by atomic mass is 10.2. The summed E-state index contributed by atoms with van der Waals surface area (Å²) < 4.78 is 27.0. The third kappa shape index (κ3) is 7.94. The largest absolute Gasteiger partial charge is 0.463 e. The van der Waals surface area contributed by atoms with E-state index in [0.717, 1.165) is 31.9 Å². The van der Waals surface area contributed by atoms with Crippen molar-refractivity contribution in [2.45, 2.75) is 36.7 Å². The number of para-hydroxylation sites is 1. The Kier molecular flexibility index (Phi) is 10.4. The molecule has 236 valence electrons. The Balaban J connectivity index is 1.39. The van der Waals surface area contributed by atoms with Crippen LogP contribution in [0.2, 0.25) is 0 Å². The van der Waals surface area contributed by atoms with Crippen molar-refractivity contribution in [2.24, 2.45) is 5.92 Å². The molecule has 0 aliphatic heterocycles. The van der Waals surface area contributed by atoms with Gasteiger partial charge in [-0.1, -0.05) is 55.1 Å². The number of nitrogens with zero attached hydrogens (tertiary/aromatic N) is 3. The summed E-state index contributed by atoms with van der Waals surface area (Å²) in [7, 11) is -2.47. The maximum Gasteiger partial charge on any atom is 0.346 e. The first-order valence-corrected chi connectivity index (χ1v) is 17.4. The predicted molar refractivity (Wildman–Crippen MR) is 182 cm³/mol. The molecule has 5 aromatic rings. The van der Waals surface area contributed by atoms with Crippen LogP contribution in [0.15, 0.2) is 107 Å². The smallest absolute Gasteiger partial charge is 0.346 e. The van der Waals surface area contributed by atoms with E-state index in [1.807, 2.05) is 66.7 Å². The maximum atomic E-state index is 14.5. The number of aromatic nitrogens is 3. The molecule has 1 amide bonds. The van der Waals surface area contributed by atoms with Gasteiger partial charge >= 0.3 is 13.5 Å². The molecular weight excluding hydrogens is 619 g/mol. The fourth-order valence-electron chi connectivity index (χ4n) is 4.66. The van der Waals surface area contributed by atoms with Crippen LogP contribution in [0.3, 0.4) is 0 Å². The van der Waals surface area contributed by atoms with Gasteiger partial charge in [-0.25, -0.2) is 0 Å². The van der Waals surface area contributed by atoms with Gasteiger partial charge in [0.05, 0.1) is 40.7 Å². The number of fused-ring (bicyclic) bond motifs is 1. The lowest BCUT2D eigenvalue weighted by molar-refractivity contribution is -0.151. The van der Waals surface area contributed by atoms with Crippen molar-refractivity contribution < 1.29 is 23.4 Å². The minimum absolute atomic E-state index is 0.210. The van der Waals surface area contributed by atoms with Gasteiger partial charge in [-0.15, -0.1) is 0 Å². The van der Waals surface area contributed by atoms with Crippen LogP contribution in [-0.4, -0.2) is 51.0 Å². The number of pyridine rings is 1. The summed E-state index contributed by atoms with van der Waals surface area (Å²) in [6, 6.07) is 27.4. The summed E-state index contributed by atoms with van der Waals surface area (Å²) in [5.41, 5.74) is 2.82. The van der Waals surface area contributed by atoms with Crippen molar-refractivity contribution in [3.63, 3.8) is 0 Å². The first kappa shape index (κ1) is 32.7. The number of carbonyl (C=O) groups excluding carboxylic acids is 2. The molecule has 0 bridgehead atoms. The molecule has 0 saturated carbocycles. The maximum absolute atomic E-state index is 14.5. The molecule has 46 heavy (non-hydrogen) atoms. The minimum Gasteiger partial charge on any atom is -0.463 e. The number of H-pyrrole nitrogens is 1. The second-order valence-electron chi connectivity index (χ2n) is 10.9. The third-order valence-corrected chi connectivity index (χ3v) is 10.7. The number of rotatable bonds is 12. The fourth-order valence-corrected chi connectivity index (χ4v) is 7.75. The van der Waals surface area contributed by atoms with Crippen LogP contribution in [0.4, 0.5) is 0 Å².